The molecule has 0 bridgehead atoms. The SMILES string of the molecule is COc1ccc(S(=O)(=O)N2CCN(C(=O)c3cc4c(nc5sccn54)s3)CC2)cc1. The molecule has 4 aromatic rings. The number of nitrogens with zero attached hydrogens (tertiary/aromatic N) is 4. The van der Waals surface area contributed by atoms with Crippen LogP contribution in [0.1, 0.15) is 9.67 Å². The number of thiophene rings is 1. The average Bonchev–Trinajstić information content (AvgIpc) is 3.46. The minimum Gasteiger partial charge on any atom is -0.497 e. The molecule has 1 fully saturated rings. The number of aromatic nitrogens is 2. The largest absolute Gasteiger partial charge is 0.497 e. The van der Waals surface area contributed by atoms with E-state index in [0.29, 0.717) is 23.7 Å². The topological polar surface area (TPSA) is 84.2 Å². The molecule has 0 aliphatic carbocycles. The molecular formula is C19H18N4O4S3. The fourth-order valence-corrected chi connectivity index (χ4v) is 6.73. The molecule has 0 unspecified atom stereocenters. The first-order valence-electron chi connectivity index (χ1n) is 9.26. The molecule has 1 amide bonds. The van der Waals surface area contributed by atoms with E-state index in [4.69, 9.17) is 4.74 Å². The van der Waals surface area contributed by atoms with Crippen molar-refractivity contribution in [3.8, 4) is 5.75 Å². The third kappa shape index (κ3) is 3.18. The van der Waals surface area contributed by atoms with Crippen LogP contribution >= 0.6 is 22.7 Å². The number of hydrogen-bond acceptors (Lipinski definition) is 7. The third-order valence-corrected chi connectivity index (χ3v) is 8.85. The summed E-state index contributed by atoms with van der Waals surface area (Å²) >= 11 is 2.93. The summed E-state index contributed by atoms with van der Waals surface area (Å²) in [6.45, 7) is 1.23. The van der Waals surface area contributed by atoms with E-state index in [1.165, 1.54) is 22.8 Å². The van der Waals surface area contributed by atoms with E-state index < -0.39 is 10.0 Å². The summed E-state index contributed by atoms with van der Waals surface area (Å²) in [5.74, 6) is 0.523. The molecule has 0 spiro atoms. The van der Waals surface area contributed by atoms with Crippen molar-refractivity contribution in [3.05, 3.63) is 46.8 Å². The van der Waals surface area contributed by atoms with Gasteiger partial charge in [-0.3, -0.25) is 9.20 Å². The summed E-state index contributed by atoms with van der Waals surface area (Å²) in [5, 5.41) is 1.96. The van der Waals surface area contributed by atoms with Gasteiger partial charge in [0.05, 0.1) is 22.4 Å². The Bertz CT molecular complexity index is 1330. The number of rotatable bonds is 4. The molecule has 1 saturated heterocycles. The number of carbonyl (C=O) groups excluding carboxylic acids is 1. The lowest BCUT2D eigenvalue weighted by atomic mass is 10.3. The van der Waals surface area contributed by atoms with E-state index in [1.54, 1.807) is 40.5 Å². The molecule has 156 valence electrons. The number of sulfonamides is 1. The third-order valence-electron chi connectivity index (χ3n) is 5.17. The van der Waals surface area contributed by atoms with Gasteiger partial charge in [-0.25, -0.2) is 13.4 Å². The van der Waals surface area contributed by atoms with Crippen LogP contribution in [-0.2, 0) is 10.0 Å². The minimum atomic E-state index is -3.60. The van der Waals surface area contributed by atoms with Gasteiger partial charge in [-0.1, -0.05) is 0 Å². The molecule has 11 heteroatoms. The van der Waals surface area contributed by atoms with Gasteiger partial charge in [-0.2, -0.15) is 4.31 Å². The van der Waals surface area contributed by atoms with E-state index in [9.17, 15) is 13.2 Å². The van der Waals surface area contributed by atoms with E-state index >= 15 is 0 Å². The molecule has 1 aromatic carbocycles. The highest BCUT2D eigenvalue weighted by atomic mass is 32.2. The Morgan fingerprint density at radius 2 is 1.87 bits per heavy atom. The zero-order chi connectivity index (χ0) is 20.9. The lowest BCUT2D eigenvalue weighted by molar-refractivity contribution is 0.0703. The van der Waals surface area contributed by atoms with Gasteiger partial charge in [-0.05, 0) is 30.3 Å². The van der Waals surface area contributed by atoms with Gasteiger partial charge < -0.3 is 9.64 Å². The monoisotopic (exact) mass is 462 g/mol. The van der Waals surface area contributed by atoms with Gasteiger partial charge in [0.2, 0.25) is 10.0 Å². The molecule has 0 N–H and O–H groups in total. The number of carbonyl (C=O) groups is 1. The van der Waals surface area contributed by atoms with Gasteiger partial charge in [-0.15, -0.1) is 22.7 Å². The summed E-state index contributed by atoms with van der Waals surface area (Å²) < 4.78 is 34.3. The van der Waals surface area contributed by atoms with Gasteiger partial charge in [0.25, 0.3) is 5.91 Å². The molecule has 0 atom stereocenters. The van der Waals surface area contributed by atoms with Crippen LogP contribution in [0.25, 0.3) is 15.3 Å². The van der Waals surface area contributed by atoms with Crippen molar-refractivity contribution in [1.82, 2.24) is 18.6 Å². The zero-order valence-electron chi connectivity index (χ0n) is 16.0. The normalized spacial score (nSPS) is 15.8. The van der Waals surface area contributed by atoms with E-state index in [-0.39, 0.29) is 23.9 Å². The maximum atomic E-state index is 13.0. The number of methoxy groups -OCH3 is 1. The maximum Gasteiger partial charge on any atom is 0.264 e. The number of ether oxygens (including phenoxy) is 1. The van der Waals surface area contributed by atoms with Crippen LogP contribution in [0.5, 0.6) is 5.75 Å². The molecule has 8 nitrogen and oxygen atoms in total. The highest BCUT2D eigenvalue weighted by Crippen LogP contribution is 2.29. The maximum absolute atomic E-state index is 13.0. The summed E-state index contributed by atoms with van der Waals surface area (Å²) in [4.78, 5) is 21.8. The lowest BCUT2D eigenvalue weighted by Gasteiger charge is -2.33. The quantitative estimate of drug-likeness (QED) is 0.466. The predicted octanol–water partition coefficient (Wildman–Crippen LogP) is 2.77. The van der Waals surface area contributed by atoms with E-state index in [0.717, 1.165) is 15.3 Å². The molecule has 4 heterocycles. The average molecular weight is 463 g/mol. The Morgan fingerprint density at radius 1 is 1.13 bits per heavy atom. The molecule has 1 aliphatic rings. The molecule has 5 rings (SSSR count). The second kappa shape index (κ2) is 7.34. The first kappa shape index (κ1) is 19.5. The number of piperazine rings is 1. The summed E-state index contributed by atoms with van der Waals surface area (Å²) in [5.41, 5.74) is 0.931. The van der Waals surface area contributed by atoms with Crippen LogP contribution in [0.4, 0.5) is 0 Å². The number of amides is 1. The summed E-state index contributed by atoms with van der Waals surface area (Å²) in [6, 6.07) is 8.21. The number of fused-ring (bicyclic) bond motifs is 3. The van der Waals surface area contributed by atoms with Gasteiger partial charge in [0, 0.05) is 37.8 Å². The van der Waals surface area contributed by atoms with Crippen LogP contribution < -0.4 is 4.74 Å². The van der Waals surface area contributed by atoms with Crippen molar-refractivity contribution in [3.63, 3.8) is 0 Å². The predicted molar refractivity (Wildman–Crippen MR) is 116 cm³/mol. The molecule has 0 radical (unpaired) electrons. The fraction of sp³-hybridized carbons (Fsp3) is 0.263. The Labute approximate surface area is 181 Å². The molecular weight excluding hydrogens is 444 g/mol. The summed E-state index contributed by atoms with van der Waals surface area (Å²) in [7, 11) is -2.06. The number of thiazole rings is 1. The van der Waals surface area contributed by atoms with Crippen LogP contribution in [0.3, 0.4) is 0 Å². The smallest absolute Gasteiger partial charge is 0.264 e. The summed E-state index contributed by atoms with van der Waals surface area (Å²) in [6.07, 6.45) is 1.94. The standard InChI is InChI=1S/C19H18N4O4S3/c1-27-13-2-4-14(5-3-13)30(25,26)22-8-6-21(7-9-22)18(24)16-12-15-17(29-16)20-19-23(15)10-11-28-19/h2-5,10-12H,6-9H2,1H3. The van der Waals surface area contributed by atoms with Crippen LogP contribution in [0, 0.1) is 0 Å². The lowest BCUT2D eigenvalue weighted by Crippen LogP contribution is -2.50. The van der Waals surface area contributed by atoms with Crippen molar-refractivity contribution in [2.24, 2.45) is 0 Å². The molecule has 0 saturated carbocycles. The van der Waals surface area contributed by atoms with Crippen molar-refractivity contribution < 1.29 is 17.9 Å². The zero-order valence-corrected chi connectivity index (χ0v) is 18.5. The first-order valence-corrected chi connectivity index (χ1v) is 12.4. The highest BCUT2D eigenvalue weighted by molar-refractivity contribution is 7.89. The van der Waals surface area contributed by atoms with Crippen LogP contribution in [-0.4, -0.2) is 66.2 Å². The highest BCUT2D eigenvalue weighted by Gasteiger charge is 2.31. The Kier molecular flexibility index (Phi) is 4.77. The van der Waals surface area contributed by atoms with Crippen molar-refractivity contribution in [1.29, 1.82) is 0 Å². The van der Waals surface area contributed by atoms with Gasteiger partial charge >= 0.3 is 0 Å². The second-order valence-electron chi connectivity index (χ2n) is 6.84. The Balaban J connectivity index is 1.30. The Hall–Kier alpha value is -2.47. The van der Waals surface area contributed by atoms with Crippen LogP contribution in [0.2, 0.25) is 0 Å². The molecule has 1 aliphatic heterocycles. The van der Waals surface area contributed by atoms with Crippen molar-refractivity contribution in [2.75, 3.05) is 33.3 Å². The Morgan fingerprint density at radius 3 is 2.57 bits per heavy atom. The van der Waals surface area contributed by atoms with Gasteiger partial charge in [0.15, 0.2) is 4.96 Å². The number of imidazole rings is 1. The molecule has 30 heavy (non-hydrogen) atoms. The van der Waals surface area contributed by atoms with E-state index in [1.807, 2.05) is 22.0 Å². The second-order valence-corrected chi connectivity index (χ2v) is 10.7. The van der Waals surface area contributed by atoms with Crippen molar-refractivity contribution in [2.45, 2.75) is 4.90 Å². The van der Waals surface area contributed by atoms with Crippen molar-refractivity contribution >= 4 is 53.9 Å². The molecule has 3 aromatic heterocycles. The van der Waals surface area contributed by atoms with Crippen LogP contribution in [0.15, 0.2) is 46.8 Å². The van der Waals surface area contributed by atoms with Gasteiger partial charge in [0.1, 0.15) is 10.6 Å². The number of hydrogen-bond donors (Lipinski definition) is 0. The minimum absolute atomic E-state index is 0.0801. The first-order chi connectivity index (χ1) is 14.5. The van der Waals surface area contributed by atoms with E-state index in [2.05, 4.69) is 4.98 Å². The fourth-order valence-electron chi connectivity index (χ4n) is 3.54. The number of benzene rings is 1.